The minimum atomic E-state index is -1.02. The topological polar surface area (TPSA) is 88.5 Å². The van der Waals surface area contributed by atoms with Crippen molar-refractivity contribution in [2.24, 2.45) is 0 Å². The Hall–Kier alpha value is -3.69. The van der Waals surface area contributed by atoms with E-state index in [0.717, 1.165) is 30.0 Å². The summed E-state index contributed by atoms with van der Waals surface area (Å²) in [6.45, 7) is 11.0. The maximum absolute atomic E-state index is 13.6. The van der Waals surface area contributed by atoms with Crippen molar-refractivity contribution in [3.8, 4) is 0 Å². The van der Waals surface area contributed by atoms with Crippen molar-refractivity contribution in [2.75, 3.05) is 44.3 Å². The predicted molar refractivity (Wildman–Crippen MR) is 162 cm³/mol. The molecule has 1 N–H and O–H groups in total. The minimum Gasteiger partial charge on any atom is -0.497 e. The first-order valence-electron chi connectivity index (χ1n) is 15.0. The van der Waals surface area contributed by atoms with Gasteiger partial charge < -0.3 is 19.3 Å². The number of rotatable bonds is 10. The Kier molecular flexibility index (Phi) is 8.94. The first kappa shape index (κ1) is 30.8. The van der Waals surface area contributed by atoms with Gasteiger partial charge in [0, 0.05) is 44.8 Å². The van der Waals surface area contributed by atoms with Crippen molar-refractivity contribution in [3.05, 3.63) is 89.0 Å². The molecule has 0 radical (unpaired) electrons. The SMILES string of the molecule is CCOC1=CC(CN2CCC3(CC2)CN(c2ccc(C(C)(C)C(=O)O)cc2)C(=O)O3)=CC(OCC)C1c1ccc(F)cc1. The predicted octanol–water partition coefficient (Wildman–Crippen LogP) is 6.03. The molecular formula is C34H41FN2O6. The zero-order chi connectivity index (χ0) is 30.8. The summed E-state index contributed by atoms with van der Waals surface area (Å²) in [5.41, 5.74) is 1.85. The Morgan fingerprint density at radius 1 is 1.07 bits per heavy atom. The average Bonchev–Trinajstić information content (AvgIpc) is 3.30. The van der Waals surface area contributed by atoms with E-state index in [2.05, 4.69) is 17.1 Å². The van der Waals surface area contributed by atoms with Crippen LogP contribution in [0.15, 0.2) is 72.0 Å². The zero-order valence-corrected chi connectivity index (χ0v) is 25.3. The number of amides is 1. The summed E-state index contributed by atoms with van der Waals surface area (Å²) in [4.78, 5) is 28.6. The van der Waals surface area contributed by atoms with Gasteiger partial charge in [-0.2, -0.15) is 0 Å². The molecule has 0 aromatic heterocycles. The van der Waals surface area contributed by atoms with Crippen LogP contribution in [0.2, 0.25) is 0 Å². The lowest BCUT2D eigenvalue weighted by Crippen LogP contribution is -2.47. The Labute approximate surface area is 252 Å². The third kappa shape index (κ3) is 6.48. The van der Waals surface area contributed by atoms with Crippen LogP contribution in [0.3, 0.4) is 0 Å². The smallest absolute Gasteiger partial charge is 0.415 e. The Morgan fingerprint density at radius 3 is 2.35 bits per heavy atom. The fraction of sp³-hybridized carbons (Fsp3) is 0.471. The Balaban J connectivity index is 1.24. The van der Waals surface area contributed by atoms with Crippen LogP contribution in [-0.4, -0.2) is 73.2 Å². The average molecular weight is 593 g/mol. The highest BCUT2D eigenvalue weighted by Gasteiger charge is 2.47. The molecule has 1 amide bonds. The van der Waals surface area contributed by atoms with Crippen LogP contribution >= 0.6 is 0 Å². The number of ether oxygens (including phenoxy) is 3. The molecule has 9 heteroatoms. The van der Waals surface area contributed by atoms with Gasteiger partial charge in [0.25, 0.3) is 0 Å². The fourth-order valence-electron chi connectivity index (χ4n) is 6.19. The van der Waals surface area contributed by atoms with Crippen LogP contribution in [0.1, 0.15) is 57.6 Å². The van der Waals surface area contributed by atoms with E-state index in [-0.39, 0.29) is 23.9 Å². The normalized spacial score (nSPS) is 22.3. The second kappa shape index (κ2) is 12.5. The molecule has 0 saturated carbocycles. The molecule has 2 aliphatic heterocycles. The summed E-state index contributed by atoms with van der Waals surface area (Å²) < 4.78 is 31.9. The van der Waals surface area contributed by atoms with Crippen LogP contribution in [0, 0.1) is 5.82 Å². The number of hydrogen-bond donors (Lipinski definition) is 1. The number of carboxylic acid groups (broad SMARTS) is 1. The molecule has 3 aliphatic rings. The number of carbonyl (C=O) groups is 2. The maximum Gasteiger partial charge on any atom is 0.415 e. The molecular weight excluding hydrogens is 551 g/mol. The van der Waals surface area contributed by atoms with Crippen molar-refractivity contribution in [1.29, 1.82) is 0 Å². The van der Waals surface area contributed by atoms with Crippen LogP contribution < -0.4 is 4.90 Å². The highest BCUT2D eigenvalue weighted by molar-refractivity contribution is 5.90. The molecule has 2 unspecified atom stereocenters. The number of likely N-dealkylation sites (tertiary alicyclic amines) is 1. The van der Waals surface area contributed by atoms with Crippen molar-refractivity contribution in [1.82, 2.24) is 4.90 Å². The zero-order valence-electron chi connectivity index (χ0n) is 25.3. The number of hydrogen-bond acceptors (Lipinski definition) is 6. The summed E-state index contributed by atoms with van der Waals surface area (Å²) in [6, 6.07) is 13.6. The molecule has 2 aromatic carbocycles. The molecule has 43 heavy (non-hydrogen) atoms. The number of nitrogens with zero attached hydrogens (tertiary/aromatic N) is 2. The van der Waals surface area contributed by atoms with Crippen molar-refractivity contribution in [3.63, 3.8) is 0 Å². The largest absolute Gasteiger partial charge is 0.497 e. The number of benzene rings is 2. The van der Waals surface area contributed by atoms with Crippen molar-refractivity contribution < 1.29 is 33.3 Å². The van der Waals surface area contributed by atoms with Gasteiger partial charge in [0.1, 0.15) is 17.2 Å². The molecule has 8 nitrogen and oxygen atoms in total. The highest BCUT2D eigenvalue weighted by Crippen LogP contribution is 2.39. The molecule has 2 atom stereocenters. The van der Waals surface area contributed by atoms with Crippen molar-refractivity contribution in [2.45, 2.75) is 63.6 Å². The number of carbonyl (C=O) groups excluding carboxylic acids is 1. The van der Waals surface area contributed by atoms with E-state index in [1.807, 2.05) is 13.8 Å². The van der Waals surface area contributed by atoms with Gasteiger partial charge in [-0.15, -0.1) is 0 Å². The van der Waals surface area contributed by atoms with Crippen LogP contribution in [0.4, 0.5) is 14.9 Å². The van der Waals surface area contributed by atoms with Crippen LogP contribution in [0.25, 0.3) is 0 Å². The maximum atomic E-state index is 13.6. The van der Waals surface area contributed by atoms with E-state index in [0.29, 0.717) is 50.4 Å². The van der Waals surface area contributed by atoms with Gasteiger partial charge in [0.05, 0.1) is 30.6 Å². The summed E-state index contributed by atoms with van der Waals surface area (Å²) in [7, 11) is 0. The first-order chi connectivity index (χ1) is 20.5. The molecule has 1 spiro atoms. The third-order valence-electron chi connectivity index (χ3n) is 8.82. The number of aliphatic carboxylic acids is 1. The second-order valence-corrected chi connectivity index (χ2v) is 12.1. The summed E-state index contributed by atoms with van der Waals surface area (Å²) in [5, 5.41) is 9.53. The van der Waals surface area contributed by atoms with E-state index >= 15 is 0 Å². The van der Waals surface area contributed by atoms with Gasteiger partial charge in [0.2, 0.25) is 0 Å². The quantitative estimate of drug-likeness (QED) is 0.361. The fourth-order valence-corrected chi connectivity index (χ4v) is 6.19. The van der Waals surface area contributed by atoms with E-state index < -0.39 is 17.0 Å². The summed E-state index contributed by atoms with van der Waals surface area (Å²) in [5.74, 6) is -0.512. The van der Waals surface area contributed by atoms with E-state index in [9.17, 15) is 19.1 Å². The van der Waals surface area contributed by atoms with Crippen molar-refractivity contribution >= 4 is 17.7 Å². The standard InChI is InChI=1S/C34H41FN2O6/c1-5-41-28-19-23(20-29(42-6-2)30(28)24-7-11-26(35)12-8-24)21-36-17-15-34(16-18-36)22-37(32(40)43-34)27-13-9-25(10-14-27)33(3,4)31(38)39/h7-14,19-20,28,30H,5-6,15-18,21-22H2,1-4H3,(H,38,39). The molecule has 5 rings (SSSR count). The van der Waals surface area contributed by atoms with Gasteiger partial charge in [-0.25, -0.2) is 9.18 Å². The van der Waals surface area contributed by atoms with E-state index in [1.54, 1.807) is 55.1 Å². The van der Waals surface area contributed by atoms with E-state index in [4.69, 9.17) is 14.2 Å². The number of carboxylic acids is 1. The molecule has 0 bridgehead atoms. The highest BCUT2D eigenvalue weighted by atomic mass is 19.1. The lowest BCUT2D eigenvalue weighted by atomic mass is 9.84. The third-order valence-corrected chi connectivity index (χ3v) is 8.82. The van der Waals surface area contributed by atoms with E-state index in [1.165, 1.54) is 12.1 Å². The van der Waals surface area contributed by atoms with Gasteiger partial charge in [0.15, 0.2) is 0 Å². The Morgan fingerprint density at radius 2 is 1.74 bits per heavy atom. The molecule has 1 aliphatic carbocycles. The van der Waals surface area contributed by atoms with Gasteiger partial charge in [-0.1, -0.05) is 30.3 Å². The number of piperidine rings is 1. The van der Waals surface area contributed by atoms with Gasteiger partial charge in [-0.05, 0) is 74.7 Å². The first-order valence-corrected chi connectivity index (χ1v) is 15.0. The monoisotopic (exact) mass is 592 g/mol. The molecule has 2 fully saturated rings. The summed E-state index contributed by atoms with van der Waals surface area (Å²) in [6.07, 6.45) is 5.05. The lowest BCUT2D eigenvalue weighted by molar-refractivity contribution is -0.142. The van der Waals surface area contributed by atoms with Crippen LogP contribution in [-0.2, 0) is 24.4 Å². The van der Waals surface area contributed by atoms with Gasteiger partial charge >= 0.3 is 12.1 Å². The number of anilines is 1. The molecule has 2 saturated heterocycles. The molecule has 2 aromatic rings. The Bertz CT molecular complexity index is 1380. The number of halogens is 1. The molecule has 230 valence electrons. The van der Waals surface area contributed by atoms with Crippen LogP contribution in [0.5, 0.6) is 0 Å². The lowest BCUT2D eigenvalue weighted by Gasteiger charge is -2.38. The minimum absolute atomic E-state index is 0.151. The molecule has 2 heterocycles. The second-order valence-electron chi connectivity index (χ2n) is 12.1. The van der Waals surface area contributed by atoms with Gasteiger partial charge in [-0.3, -0.25) is 14.6 Å². The summed E-state index contributed by atoms with van der Waals surface area (Å²) >= 11 is 0.